The minimum atomic E-state index is 0.951. The van der Waals surface area contributed by atoms with Crippen molar-refractivity contribution in [1.82, 2.24) is 9.55 Å². The molecular weight excluding hydrogens is 480 g/mol. The SMILES string of the molecule is c1cc(-c2cccc3c2sc2ccccc23)cc(-c2nc3ccccc3n2-c2ccc3ccccc3c2)c1. The van der Waals surface area contributed by atoms with Crippen LogP contribution >= 0.6 is 11.3 Å². The topological polar surface area (TPSA) is 17.8 Å². The van der Waals surface area contributed by atoms with Crippen molar-refractivity contribution in [2.24, 2.45) is 0 Å². The smallest absolute Gasteiger partial charge is 0.145 e. The summed E-state index contributed by atoms with van der Waals surface area (Å²) in [5.41, 5.74) is 6.78. The molecule has 0 fully saturated rings. The summed E-state index contributed by atoms with van der Waals surface area (Å²) < 4.78 is 4.94. The molecule has 0 saturated heterocycles. The predicted molar refractivity (Wildman–Crippen MR) is 162 cm³/mol. The minimum absolute atomic E-state index is 0.951. The molecule has 0 N–H and O–H groups in total. The van der Waals surface area contributed by atoms with E-state index in [1.54, 1.807) is 0 Å². The lowest BCUT2D eigenvalue weighted by atomic mass is 10.0. The molecule has 3 heteroatoms. The van der Waals surface area contributed by atoms with Gasteiger partial charge in [0.15, 0.2) is 0 Å². The van der Waals surface area contributed by atoms with E-state index in [2.05, 4.69) is 138 Å². The lowest BCUT2D eigenvalue weighted by Crippen LogP contribution is -1.98. The predicted octanol–water partition coefficient (Wildman–Crippen LogP) is 9.88. The van der Waals surface area contributed by atoms with Gasteiger partial charge in [-0.15, -0.1) is 11.3 Å². The summed E-state index contributed by atoms with van der Waals surface area (Å²) in [5.74, 6) is 0.951. The highest BCUT2D eigenvalue weighted by atomic mass is 32.1. The average Bonchev–Trinajstić information content (AvgIpc) is 3.56. The standard InChI is InChI=1S/C35H22N2S/c1-2-10-24-22-27(20-19-23(24)9-1)37-32-17-5-4-16-31(32)36-35(37)26-12-7-11-25(21-26)28-14-8-15-30-29-13-3-6-18-33(29)38-34(28)30/h1-22H. The number of aromatic nitrogens is 2. The van der Waals surface area contributed by atoms with Crippen LogP contribution in [0.1, 0.15) is 0 Å². The van der Waals surface area contributed by atoms with Gasteiger partial charge in [0.2, 0.25) is 0 Å². The molecule has 0 aliphatic heterocycles. The van der Waals surface area contributed by atoms with Gasteiger partial charge in [0.25, 0.3) is 0 Å². The molecule has 38 heavy (non-hydrogen) atoms. The molecule has 6 aromatic carbocycles. The Labute approximate surface area is 224 Å². The Balaban J connectivity index is 1.35. The van der Waals surface area contributed by atoms with Crippen molar-refractivity contribution in [3.05, 3.63) is 133 Å². The third-order valence-corrected chi connectivity index (χ3v) is 8.61. The van der Waals surface area contributed by atoms with Crippen LogP contribution in [0.15, 0.2) is 133 Å². The zero-order valence-corrected chi connectivity index (χ0v) is 21.3. The number of imidazole rings is 1. The fourth-order valence-electron chi connectivity index (χ4n) is 5.60. The molecule has 0 saturated carbocycles. The number of hydrogen-bond donors (Lipinski definition) is 0. The molecule has 2 heterocycles. The number of para-hydroxylation sites is 2. The van der Waals surface area contributed by atoms with Gasteiger partial charge in [0.1, 0.15) is 5.82 Å². The van der Waals surface area contributed by atoms with E-state index in [9.17, 15) is 0 Å². The second-order valence-electron chi connectivity index (χ2n) is 9.65. The summed E-state index contributed by atoms with van der Waals surface area (Å²) in [7, 11) is 0. The first-order valence-corrected chi connectivity index (χ1v) is 13.6. The highest BCUT2D eigenvalue weighted by molar-refractivity contribution is 7.26. The van der Waals surface area contributed by atoms with Crippen LogP contribution in [0.25, 0.3) is 70.2 Å². The maximum atomic E-state index is 5.14. The Kier molecular flexibility index (Phi) is 4.73. The van der Waals surface area contributed by atoms with Crippen LogP contribution in [0.5, 0.6) is 0 Å². The lowest BCUT2D eigenvalue weighted by molar-refractivity contribution is 1.11. The highest BCUT2D eigenvalue weighted by Gasteiger charge is 2.16. The third-order valence-electron chi connectivity index (χ3n) is 7.39. The van der Waals surface area contributed by atoms with Gasteiger partial charge in [-0.2, -0.15) is 0 Å². The van der Waals surface area contributed by atoms with Gasteiger partial charge < -0.3 is 0 Å². The van der Waals surface area contributed by atoms with Crippen molar-refractivity contribution in [2.45, 2.75) is 0 Å². The van der Waals surface area contributed by atoms with E-state index in [-0.39, 0.29) is 0 Å². The largest absolute Gasteiger partial charge is 0.292 e. The lowest BCUT2D eigenvalue weighted by Gasteiger charge is -2.12. The molecule has 178 valence electrons. The van der Waals surface area contributed by atoms with E-state index in [0.29, 0.717) is 0 Å². The number of benzene rings is 6. The first kappa shape index (κ1) is 21.4. The van der Waals surface area contributed by atoms with Gasteiger partial charge in [0.05, 0.1) is 11.0 Å². The monoisotopic (exact) mass is 502 g/mol. The van der Waals surface area contributed by atoms with Crippen molar-refractivity contribution in [1.29, 1.82) is 0 Å². The van der Waals surface area contributed by atoms with E-state index < -0.39 is 0 Å². The molecule has 0 aliphatic carbocycles. The first-order valence-electron chi connectivity index (χ1n) is 12.8. The van der Waals surface area contributed by atoms with E-state index in [4.69, 9.17) is 4.98 Å². The Bertz CT molecular complexity index is 2150. The zero-order chi connectivity index (χ0) is 25.1. The quantitative estimate of drug-likeness (QED) is 0.235. The molecule has 0 unspecified atom stereocenters. The molecule has 0 bridgehead atoms. The Morgan fingerprint density at radius 3 is 2.29 bits per heavy atom. The van der Waals surface area contributed by atoms with Crippen molar-refractivity contribution in [2.75, 3.05) is 0 Å². The van der Waals surface area contributed by atoms with Crippen molar-refractivity contribution in [3.8, 4) is 28.2 Å². The van der Waals surface area contributed by atoms with Gasteiger partial charge in [0, 0.05) is 31.4 Å². The third kappa shape index (κ3) is 3.29. The van der Waals surface area contributed by atoms with Crippen LogP contribution in [-0.4, -0.2) is 9.55 Å². The average molecular weight is 503 g/mol. The van der Waals surface area contributed by atoms with Crippen LogP contribution < -0.4 is 0 Å². The Morgan fingerprint density at radius 1 is 0.553 bits per heavy atom. The van der Waals surface area contributed by atoms with Crippen molar-refractivity contribution in [3.63, 3.8) is 0 Å². The number of fused-ring (bicyclic) bond motifs is 5. The maximum absolute atomic E-state index is 5.14. The van der Waals surface area contributed by atoms with Crippen molar-refractivity contribution >= 4 is 53.3 Å². The number of thiophene rings is 1. The summed E-state index contributed by atoms with van der Waals surface area (Å²) in [5, 5.41) is 5.10. The fraction of sp³-hybridized carbons (Fsp3) is 0. The minimum Gasteiger partial charge on any atom is -0.292 e. The normalized spacial score (nSPS) is 11.7. The molecule has 8 rings (SSSR count). The molecule has 0 aliphatic rings. The second-order valence-corrected chi connectivity index (χ2v) is 10.7. The molecule has 2 nitrogen and oxygen atoms in total. The Morgan fingerprint density at radius 2 is 1.32 bits per heavy atom. The van der Waals surface area contributed by atoms with E-state index in [0.717, 1.165) is 28.1 Å². The van der Waals surface area contributed by atoms with Crippen molar-refractivity contribution < 1.29 is 0 Å². The van der Waals surface area contributed by atoms with Gasteiger partial charge in [-0.05, 0) is 58.3 Å². The van der Waals surface area contributed by atoms with Gasteiger partial charge >= 0.3 is 0 Å². The molecule has 0 atom stereocenters. The summed E-state index contributed by atoms with van der Waals surface area (Å²) in [6.07, 6.45) is 0. The summed E-state index contributed by atoms with van der Waals surface area (Å²) in [6.45, 7) is 0. The zero-order valence-electron chi connectivity index (χ0n) is 20.5. The molecule has 0 radical (unpaired) electrons. The van der Waals surface area contributed by atoms with E-state index in [1.807, 2.05) is 11.3 Å². The maximum Gasteiger partial charge on any atom is 0.145 e. The molecule has 8 aromatic rings. The second kappa shape index (κ2) is 8.41. The van der Waals surface area contributed by atoms with Gasteiger partial charge in [-0.1, -0.05) is 97.1 Å². The molecule has 0 spiro atoms. The van der Waals surface area contributed by atoms with E-state index in [1.165, 1.54) is 42.1 Å². The van der Waals surface area contributed by atoms with Crippen LogP contribution in [0, 0.1) is 0 Å². The number of nitrogens with zero attached hydrogens (tertiary/aromatic N) is 2. The summed E-state index contributed by atoms with van der Waals surface area (Å²) in [4.78, 5) is 5.14. The van der Waals surface area contributed by atoms with Crippen LogP contribution in [-0.2, 0) is 0 Å². The summed E-state index contributed by atoms with van der Waals surface area (Å²) in [6, 6.07) is 47.7. The number of rotatable bonds is 3. The van der Waals surface area contributed by atoms with Crippen LogP contribution in [0.3, 0.4) is 0 Å². The van der Waals surface area contributed by atoms with Crippen LogP contribution in [0.2, 0.25) is 0 Å². The van der Waals surface area contributed by atoms with Gasteiger partial charge in [-0.3, -0.25) is 4.57 Å². The molecule has 0 amide bonds. The Hall–Kier alpha value is -4.73. The molecule has 2 aromatic heterocycles. The van der Waals surface area contributed by atoms with Crippen LogP contribution in [0.4, 0.5) is 0 Å². The molecular formula is C35H22N2S. The summed E-state index contributed by atoms with van der Waals surface area (Å²) >= 11 is 1.87. The number of hydrogen-bond acceptors (Lipinski definition) is 2. The first-order chi connectivity index (χ1) is 18.8. The fourth-order valence-corrected chi connectivity index (χ4v) is 6.84. The van der Waals surface area contributed by atoms with Gasteiger partial charge in [-0.25, -0.2) is 4.98 Å². The highest BCUT2D eigenvalue weighted by Crippen LogP contribution is 2.40. The van der Waals surface area contributed by atoms with E-state index >= 15 is 0 Å².